The number of halogens is 2. The normalized spacial score (nSPS) is 12.7. The van der Waals surface area contributed by atoms with Crippen LogP contribution in [0.3, 0.4) is 0 Å². The fourth-order valence-electron chi connectivity index (χ4n) is 2.10. The van der Waals surface area contributed by atoms with Gasteiger partial charge in [-0.3, -0.25) is 4.68 Å². The maximum absolute atomic E-state index is 6.26. The molecule has 3 nitrogen and oxygen atoms in total. The predicted molar refractivity (Wildman–Crippen MR) is 82.4 cm³/mol. The molecule has 0 bridgehead atoms. The van der Waals surface area contributed by atoms with Crippen molar-refractivity contribution in [2.45, 2.75) is 25.8 Å². The zero-order chi connectivity index (χ0) is 14.0. The highest BCUT2D eigenvalue weighted by molar-refractivity contribution is 9.10. The fraction of sp³-hybridized carbons (Fsp3) is 0.357. The van der Waals surface area contributed by atoms with Crippen molar-refractivity contribution in [1.82, 2.24) is 9.78 Å². The zero-order valence-corrected chi connectivity index (χ0v) is 13.4. The van der Waals surface area contributed by atoms with Crippen molar-refractivity contribution >= 4 is 27.5 Å². The van der Waals surface area contributed by atoms with Gasteiger partial charge in [0.2, 0.25) is 0 Å². The summed E-state index contributed by atoms with van der Waals surface area (Å²) in [5, 5.41) is 5.20. The number of hydrogen-bond donors (Lipinski definition) is 1. The highest BCUT2D eigenvalue weighted by Crippen LogP contribution is 2.26. The minimum Gasteiger partial charge on any atom is -0.324 e. The maximum atomic E-state index is 6.26. The van der Waals surface area contributed by atoms with Crippen LogP contribution in [-0.4, -0.2) is 9.78 Å². The molecule has 0 aliphatic rings. The first-order chi connectivity index (χ1) is 9.02. The number of rotatable bonds is 4. The smallest absolute Gasteiger partial charge is 0.0766 e. The molecule has 0 fully saturated rings. The molecule has 0 saturated carbocycles. The molecular formula is C14H17BrClN3. The van der Waals surface area contributed by atoms with Crippen molar-refractivity contribution in [3.63, 3.8) is 0 Å². The van der Waals surface area contributed by atoms with E-state index >= 15 is 0 Å². The second-order valence-corrected chi connectivity index (χ2v) is 5.78. The first-order valence-corrected chi connectivity index (χ1v) is 7.41. The summed E-state index contributed by atoms with van der Waals surface area (Å²) >= 11 is 9.61. The van der Waals surface area contributed by atoms with Gasteiger partial charge >= 0.3 is 0 Å². The Morgan fingerprint density at radius 2 is 2.21 bits per heavy atom. The summed E-state index contributed by atoms with van der Waals surface area (Å²) in [6, 6.07) is 7.61. The third kappa shape index (κ3) is 3.19. The topological polar surface area (TPSA) is 43.8 Å². The zero-order valence-electron chi connectivity index (χ0n) is 11.0. The Morgan fingerprint density at radius 3 is 2.79 bits per heavy atom. The lowest BCUT2D eigenvalue weighted by Crippen LogP contribution is -2.15. The Kier molecular flexibility index (Phi) is 4.66. The minimum atomic E-state index is -0.0879. The summed E-state index contributed by atoms with van der Waals surface area (Å²) in [5.41, 5.74) is 9.48. The van der Waals surface area contributed by atoms with Crippen LogP contribution in [0, 0.1) is 0 Å². The van der Waals surface area contributed by atoms with Crippen LogP contribution >= 0.6 is 27.5 Å². The number of benzene rings is 1. The molecule has 0 aliphatic heterocycles. The number of aromatic nitrogens is 2. The van der Waals surface area contributed by atoms with E-state index in [-0.39, 0.29) is 6.04 Å². The van der Waals surface area contributed by atoms with Gasteiger partial charge in [0.25, 0.3) is 0 Å². The average Bonchev–Trinajstić information content (AvgIpc) is 2.66. The van der Waals surface area contributed by atoms with Gasteiger partial charge in [0.1, 0.15) is 0 Å². The van der Waals surface area contributed by atoms with Gasteiger partial charge in [-0.25, -0.2) is 0 Å². The summed E-state index contributed by atoms with van der Waals surface area (Å²) in [6.07, 6.45) is 1.63. The van der Waals surface area contributed by atoms with Crippen molar-refractivity contribution in [2.24, 2.45) is 12.8 Å². The first-order valence-electron chi connectivity index (χ1n) is 6.24. The van der Waals surface area contributed by atoms with Crippen LogP contribution < -0.4 is 5.73 Å². The third-order valence-electron chi connectivity index (χ3n) is 3.19. The molecule has 1 heterocycles. The van der Waals surface area contributed by atoms with Crippen molar-refractivity contribution in [3.8, 4) is 0 Å². The van der Waals surface area contributed by atoms with Gasteiger partial charge in [0.05, 0.1) is 15.9 Å². The molecule has 1 unspecified atom stereocenters. The van der Waals surface area contributed by atoms with Gasteiger partial charge in [-0.1, -0.05) is 30.7 Å². The van der Waals surface area contributed by atoms with Crippen LogP contribution in [0.15, 0.2) is 28.7 Å². The Hall–Kier alpha value is -0.840. The summed E-state index contributed by atoms with van der Waals surface area (Å²) in [4.78, 5) is 0. The van der Waals surface area contributed by atoms with Gasteiger partial charge in [0.15, 0.2) is 0 Å². The molecule has 102 valence electrons. The van der Waals surface area contributed by atoms with Crippen LogP contribution in [0.5, 0.6) is 0 Å². The average molecular weight is 343 g/mol. The van der Waals surface area contributed by atoms with Crippen LogP contribution in [-0.2, 0) is 19.9 Å². The van der Waals surface area contributed by atoms with Crippen molar-refractivity contribution < 1.29 is 0 Å². The molecule has 19 heavy (non-hydrogen) atoms. The second kappa shape index (κ2) is 6.07. The third-order valence-corrected chi connectivity index (χ3v) is 4.34. The molecule has 0 radical (unpaired) electrons. The van der Waals surface area contributed by atoms with E-state index in [2.05, 4.69) is 28.0 Å². The maximum Gasteiger partial charge on any atom is 0.0766 e. The van der Waals surface area contributed by atoms with Gasteiger partial charge in [0, 0.05) is 24.5 Å². The molecule has 5 heteroatoms. The van der Waals surface area contributed by atoms with Gasteiger partial charge in [-0.05, 0) is 40.0 Å². The predicted octanol–water partition coefficient (Wildman–Crippen LogP) is 3.64. The van der Waals surface area contributed by atoms with E-state index in [1.165, 1.54) is 0 Å². The molecule has 2 aromatic rings. The first kappa shape index (κ1) is 14.6. The lowest BCUT2D eigenvalue weighted by molar-refractivity contribution is 0.637. The van der Waals surface area contributed by atoms with E-state index in [1.807, 2.05) is 36.0 Å². The number of aryl methyl sites for hydroxylation is 2. The van der Waals surface area contributed by atoms with E-state index < -0.39 is 0 Å². The quantitative estimate of drug-likeness (QED) is 0.922. The lowest BCUT2D eigenvalue weighted by Gasteiger charge is -2.13. The van der Waals surface area contributed by atoms with Crippen molar-refractivity contribution in [2.75, 3.05) is 0 Å². The summed E-state index contributed by atoms with van der Waals surface area (Å²) in [6.45, 7) is 2.09. The van der Waals surface area contributed by atoms with Gasteiger partial charge in [-0.15, -0.1) is 0 Å². The molecule has 0 saturated heterocycles. The van der Waals surface area contributed by atoms with Crippen LogP contribution in [0.4, 0.5) is 0 Å². The van der Waals surface area contributed by atoms with E-state index in [0.717, 1.165) is 34.3 Å². The van der Waals surface area contributed by atoms with Crippen LogP contribution in [0.2, 0.25) is 5.02 Å². The molecule has 0 amide bonds. The standard InChI is InChI=1S/C14H17BrClN3/c1-3-12-14(15)13(19(2)18-12)8-11(17)9-5-4-6-10(16)7-9/h4-7,11H,3,8,17H2,1-2H3. The largest absolute Gasteiger partial charge is 0.324 e. The summed E-state index contributed by atoms with van der Waals surface area (Å²) < 4.78 is 2.96. The SMILES string of the molecule is CCc1nn(C)c(CC(N)c2cccc(Cl)c2)c1Br. The highest BCUT2D eigenvalue weighted by atomic mass is 79.9. The summed E-state index contributed by atoms with van der Waals surface area (Å²) in [5.74, 6) is 0. The molecule has 1 aromatic heterocycles. The second-order valence-electron chi connectivity index (χ2n) is 4.55. The van der Waals surface area contributed by atoms with E-state index in [9.17, 15) is 0 Å². The Balaban J connectivity index is 2.24. The minimum absolute atomic E-state index is 0.0879. The van der Waals surface area contributed by atoms with Crippen molar-refractivity contribution in [3.05, 3.63) is 50.7 Å². The number of nitrogens with two attached hydrogens (primary N) is 1. The number of hydrogen-bond acceptors (Lipinski definition) is 2. The fourth-order valence-corrected chi connectivity index (χ4v) is 3.08. The molecular weight excluding hydrogens is 326 g/mol. The number of nitrogens with zero attached hydrogens (tertiary/aromatic N) is 2. The highest BCUT2D eigenvalue weighted by Gasteiger charge is 2.16. The Morgan fingerprint density at radius 1 is 1.47 bits per heavy atom. The molecule has 1 atom stereocenters. The molecule has 2 N–H and O–H groups in total. The van der Waals surface area contributed by atoms with Crippen molar-refractivity contribution in [1.29, 1.82) is 0 Å². The van der Waals surface area contributed by atoms with E-state index in [0.29, 0.717) is 5.02 Å². The molecule has 1 aromatic carbocycles. The Labute approximate surface area is 126 Å². The monoisotopic (exact) mass is 341 g/mol. The molecule has 0 spiro atoms. The van der Waals surface area contributed by atoms with Gasteiger partial charge < -0.3 is 5.73 Å². The van der Waals surface area contributed by atoms with Crippen LogP contribution in [0.1, 0.15) is 29.9 Å². The van der Waals surface area contributed by atoms with Gasteiger partial charge in [-0.2, -0.15) is 5.10 Å². The van der Waals surface area contributed by atoms with E-state index in [4.69, 9.17) is 17.3 Å². The summed E-state index contributed by atoms with van der Waals surface area (Å²) in [7, 11) is 1.95. The molecule has 2 rings (SSSR count). The lowest BCUT2D eigenvalue weighted by atomic mass is 10.0. The Bertz CT molecular complexity index is 580. The van der Waals surface area contributed by atoms with Crippen LogP contribution in [0.25, 0.3) is 0 Å². The molecule has 0 aliphatic carbocycles. The van der Waals surface area contributed by atoms with E-state index in [1.54, 1.807) is 0 Å².